The molecule has 1 fully saturated rings. The third-order valence-electron chi connectivity index (χ3n) is 5.49. The van der Waals surface area contributed by atoms with Crippen LogP contribution in [0.25, 0.3) is 0 Å². The predicted octanol–water partition coefficient (Wildman–Crippen LogP) is 4.13. The van der Waals surface area contributed by atoms with Crippen LogP contribution in [-0.4, -0.2) is 32.2 Å². The number of hydrogen-bond donors (Lipinski definition) is 1. The summed E-state index contributed by atoms with van der Waals surface area (Å²) >= 11 is 0. The first-order valence-corrected chi connectivity index (χ1v) is 10.6. The lowest BCUT2D eigenvalue weighted by atomic mass is 9.75. The monoisotopic (exact) mass is 398 g/mol. The second-order valence-corrected chi connectivity index (χ2v) is 9.23. The Bertz CT molecular complexity index is 861. The van der Waals surface area contributed by atoms with Crippen molar-refractivity contribution in [2.75, 3.05) is 0 Å². The van der Waals surface area contributed by atoms with Gasteiger partial charge in [0.15, 0.2) is 0 Å². The van der Waals surface area contributed by atoms with Gasteiger partial charge in [-0.15, -0.1) is 0 Å². The normalized spacial score (nSPS) is 28.3. The van der Waals surface area contributed by atoms with E-state index in [0.717, 1.165) is 5.57 Å². The molecule has 1 aliphatic rings. The summed E-state index contributed by atoms with van der Waals surface area (Å²) in [5.41, 5.74) is -0.0558. The molecule has 5 heteroatoms. The van der Waals surface area contributed by atoms with Gasteiger partial charge in [-0.3, -0.25) is 4.21 Å². The van der Waals surface area contributed by atoms with Crippen molar-refractivity contribution in [2.45, 2.75) is 48.5 Å². The van der Waals surface area contributed by atoms with Gasteiger partial charge in [-0.05, 0) is 56.9 Å². The van der Waals surface area contributed by atoms with Crippen LogP contribution in [0.4, 0.5) is 0 Å². The summed E-state index contributed by atoms with van der Waals surface area (Å²) in [7, 11) is -1.44. The molecule has 3 rings (SSSR count). The first-order valence-electron chi connectivity index (χ1n) is 9.40. The molecule has 0 radical (unpaired) electrons. The van der Waals surface area contributed by atoms with Crippen LogP contribution in [0.5, 0.6) is 0 Å². The molecule has 148 valence electrons. The van der Waals surface area contributed by atoms with Gasteiger partial charge < -0.3 is 9.84 Å². The summed E-state index contributed by atoms with van der Waals surface area (Å²) in [5, 5.41) is 10.8. The molecule has 2 aromatic carbocycles. The summed E-state index contributed by atoms with van der Waals surface area (Å²) in [6.45, 7) is 7.58. The number of benzene rings is 2. The lowest BCUT2D eigenvalue weighted by Gasteiger charge is -2.45. The van der Waals surface area contributed by atoms with E-state index in [4.69, 9.17) is 4.74 Å². The molecule has 0 saturated heterocycles. The Morgan fingerprint density at radius 1 is 1.11 bits per heavy atom. The molecule has 1 N–H and O–H groups in total. The molecule has 2 aromatic rings. The Kier molecular flexibility index (Phi) is 6.16. The standard InChI is InChI=1S/C23H26O4S/c1-16(2)18-14-20(27-22(24)17-10-6-4-7-11-17)23(3,25)21(15-18)28(26)19-12-8-5-9-13-19/h4-13,18,20-21,25H,1,14-15H2,2-3H3/t18-,20+,21+,23+,28?/m1/s1. The van der Waals surface area contributed by atoms with Gasteiger partial charge in [-0.2, -0.15) is 0 Å². The first-order chi connectivity index (χ1) is 13.3. The zero-order chi connectivity index (χ0) is 20.3. The van der Waals surface area contributed by atoms with Crippen molar-refractivity contribution in [1.82, 2.24) is 0 Å². The van der Waals surface area contributed by atoms with E-state index in [2.05, 4.69) is 6.58 Å². The van der Waals surface area contributed by atoms with Gasteiger partial charge in [0.2, 0.25) is 0 Å². The van der Waals surface area contributed by atoms with E-state index in [0.29, 0.717) is 23.3 Å². The van der Waals surface area contributed by atoms with Crippen LogP contribution >= 0.6 is 0 Å². The number of rotatable bonds is 5. The van der Waals surface area contributed by atoms with Gasteiger partial charge in [-0.1, -0.05) is 48.6 Å². The van der Waals surface area contributed by atoms with Crippen molar-refractivity contribution in [3.05, 3.63) is 78.4 Å². The lowest BCUT2D eigenvalue weighted by molar-refractivity contribution is -0.100. The highest BCUT2D eigenvalue weighted by molar-refractivity contribution is 7.85. The number of carbonyl (C=O) groups excluding carboxylic acids is 1. The van der Waals surface area contributed by atoms with Crippen molar-refractivity contribution in [2.24, 2.45) is 5.92 Å². The minimum absolute atomic E-state index is 0.0199. The van der Waals surface area contributed by atoms with Crippen molar-refractivity contribution >= 4 is 16.8 Å². The van der Waals surface area contributed by atoms with E-state index in [9.17, 15) is 14.1 Å². The van der Waals surface area contributed by atoms with E-state index in [1.165, 1.54) is 0 Å². The van der Waals surface area contributed by atoms with Crippen molar-refractivity contribution in [3.8, 4) is 0 Å². The van der Waals surface area contributed by atoms with Gasteiger partial charge in [0.05, 0.1) is 21.6 Å². The van der Waals surface area contributed by atoms with Crippen LogP contribution in [0.2, 0.25) is 0 Å². The molecular formula is C23H26O4S. The largest absolute Gasteiger partial charge is 0.456 e. The lowest BCUT2D eigenvalue weighted by Crippen LogP contribution is -2.57. The van der Waals surface area contributed by atoms with Crippen LogP contribution in [0.1, 0.15) is 37.0 Å². The maximum absolute atomic E-state index is 13.3. The Morgan fingerprint density at radius 3 is 2.25 bits per heavy atom. The minimum Gasteiger partial charge on any atom is -0.456 e. The summed E-state index contributed by atoms with van der Waals surface area (Å²) in [4.78, 5) is 13.2. The zero-order valence-corrected chi connectivity index (χ0v) is 17.0. The predicted molar refractivity (Wildman–Crippen MR) is 110 cm³/mol. The average Bonchev–Trinajstić information content (AvgIpc) is 2.70. The highest BCUT2D eigenvalue weighted by atomic mass is 32.2. The van der Waals surface area contributed by atoms with E-state index in [1.807, 2.05) is 31.2 Å². The molecule has 0 amide bonds. The van der Waals surface area contributed by atoms with Gasteiger partial charge in [0.1, 0.15) is 11.7 Å². The Balaban J connectivity index is 1.89. The maximum atomic E-state index is 13.3. The summed E-state index contributed by atoms with van der Waals surface area (Å²) in [6.07, 6.45) is 0.223. The SMILES string of the molecule is C=C(C)[C@@H]1C[C@H](OC(=O)c2ccccc2)[C@](C)(O)[C@@H](S(=O)c2ccccc2)C1. The number of ether oxygens (including phenoxy) is 1. The number of carbonyl (C=O) groups is 1. The molecule has 1 aliphatic carbocycles. The van der Waals surface area contributed by atoms with Crippen LogP contribution in [0.3, 0.4) is 0 Å². The smallest absolute Gasteiger partial charge is 0.338 e. The molecule has 0 bridgehead atoms. The van der Waals surface area contributed by atoms with Crippen molar-refractivity contribution in [1.29, 1.82) is 0 Å². The molecule has 0 aromatic heterocycles. The van der Waals surface area contributed by atoms with Gasteiger partial charge in [0.25, 0.3) is 0 Å². The Labute approximate surface area is 168 Å². The van der Waals surface area contributed by atoms with Gasteiger partial charge in [0, 0.05) is 4.90 Å². The van der Waals surface area contributed by atoms with Crippen LogP contribution in [-0.2, 0) is 15.5 Å². The van der Waals surface area contributed by atoms with Crippen molar-refractivity contribution < 1.29 is 18.8 Å². The average molecular weight is 399 g/mol. The Hall–Kier alpha value is -2.24. The van der Waals surface area contributed by atoms with Crippen LogP contribution < -0.4 is 0 Å². The number of allylic oxidation sites excluding steroid dienone is 1. The first kappa shape index (κ1) is 20.5. The number of hydrogen-bond acceptors (Lipinski definition) is 4. The molecule has 4 nitrogen and oxygen atoms in total. The quantitative estimate of drug-likeness (QED) is 0.608. The maximum Gasteiger partial charge on any atom is 0.338 e. The number of aliphatic hydroxyl groups is 1. The Morgan fingerprint density at radius 2 is 1.68 bits per heavy atom. The van der Waals surface area contributed by atoms with Gasteiger partial charge >= 0.3 is 5.97 Å². The van der Waals surface area contributed by atoms with E-state index in [-0.39, 0.29) is 5.92 Å². The summed E-state index contributed by atoms with van der Waals surface area (Å²) in [5.74, 6) is -0.469. The minimum atomic E-state index is -1.44. The van der Waals surface area contributed by atoms with E-state index >= 15 is 0 Å². The van der Waals surface area contributed by atoms with Gasteiger partial charge in [-0.25, -0.2) is 4.79 Å². The topological polar surface area (TPSA) is 63.6 Å². The summed E-state index contributed by atoms with van der Waals surface area (Å²) < 4.78 is 19.0. The second kappa shape index (κ2) is 8.41. The van der Waals surface area contributed by atoms with Crippen LogP contribution in [0.15, 0.2) is 77.7 Å². The second-order valence-electron chi connectivity index (χ2n) is 7.60. The number of esters is 1. The molecule has 0 heterocycles. The molecule has 28 heavy (non-hydrogen) atoms. The van der Waals surface area contributed by atoms with Crippen LogP contribution in [0, 0.1) is 5.92 Å². The molecule has 1 saturated carbocycles. The molecule has 0 aliphatic heterocycles. The fourth-order valence-electron chi connectivity index (χ4n) is 3.66. The highest BCUT2D eigenvalue weighted by Crippen LogP contribution is 2.41. The fourth-order valence-corrected chi connectivity index (χ4v) is 5.41. The van der Waals surface area contributed by atoms with E-state index < -0.39 is 33.7 Å². The zero-order valence-electron chi connectivity index (χ0n) is 16.2. The molecule has 0 spiro atoms. The third-order valence-corrected chi connectivity index (χ3v) is 7.41. The summed E-state index contributed by atoms with van der Waals surface area (Å²) in [6, 6.07) is 17.8. The van der Waals surface area contributed by atoms with E-state index in [1.54, 1.807) is 43.3 Å². The molecular weight excluding hydrogens is 372 g/mol. The third kappa shape index (κ3) is 4.26. The highest BCUT2D eigenvalue weighted by Gasteiger charge is 2.51. The molecule has 1 unspecified atom stereocenters. The van der Waals surface area contributed by atoms with Crippen molar-refractivity contribution in [3.63, 3.8) is 0 Å². The fraction of sp³-hybridized carbons (Fsp3) is 0.348. The molecule has 5 atom stereocenters.